The van der Waals surface area contributed by atoms with Gasteiger partial charge in [0.25, 0.3) is 5.69 Å². The van der Waals surface area contributed by atoms with Gasteiger partial charge < -0.3 is 10.2 Å². The van der Waals surface area contributed by atoms with Gasteiger partial charge in [0, 0.05) is 17.0 Å². The Balaban J connectivity index is 2.27. The molecule has 0 aliphatic rings. The average molecular weight is 299 g/mol. The van der Waals surface area contributed by atoms with Gasteiger partial charge in [-0.1, -0.05) is 6.07 Å². The molecule has 0 spiro atoms. The number of fused-ring (bicyclic) bond motifs is 1. The number of nitro benzene ring substituents is 1. The maximum Gasteiger partial charge on any atom is 0.336 e. The Labute approximate surface area is 122 Å². The third-order valence-electron chi connectivity index (χ3n) is 3.27. The number of aromatic carboxylic acids is 1. The van der Waals surface area contributed by atoms with E-state index in [9.17, 15) is 25.1 Å². The van der Waals surface area contributed by atoms with Crippen molar-refractivity contribution in [3.63, 3.8) is 0 Å². The first-order valence-corrected chi connectivity index (χ1v) is 6.17. The second kappa shape index (κ2) is 4.85. The lowest BCUT2D eigenvalue weighted by molar-refractivity contribution is -0.384. The Bertz CT molecular complexity index is 916. The Hall–Kier alpha value is -3.42. The molecule has 0 bridgehead atoms. The van der Waals surface area contributed by atoms with Crippen LogP contribution in [0.1, 0.15) is 10.4 Å². The lowest BCUT2D eigenvalue weighted by Gasteiger charge is -2.04. The first kappa shape index (κ1) is 13.6. The number of carbonyl (C=O) groups is 1. The molecule has 22 heavy (non-hydrogen) atoms. The number of nitro groups is 1. The minimum atomic E-state index is -1.13. The molecular formula is C14H9N3O5. The number of nitrogens with one attached hydrogen (secondary N) is 1. The number of phenolic OH excluding ortho intramolecular Hbond substituents is 1. The Morgan fingerprint density at radius 1 is 1.27 bits per heavy atom. The van der Waals surface area contributed by atoms with E-state index in [1.807, 2.05) is 0 Å². The van der Waals surface area contributed by atoms with Crippen molar-refractivity contribution in [2.75, 3.05) is 0 Å². The van der Waals surface area contributed by atoms with Crippen molar-refractivity contribution in [3.8, 4) is 17.0 Å². The summed E-state index contributed by atoms with van der Waals surface area (Å²) in [6, 6.07) is 8.20. The van der Waals surface area contributed by atoms with Crippen molar-refractivity contribution in [2.45, 2.75) is 0 Å². The Kier molecular flexibility index (Phi) is 2.99. The number of nitrogens with zero attached hydrogens (tertiary/aromatic N) is 2. The third kappa shape index (κ3) is 2.03. The molecule has 0 saturated heterocycles. The molecular weight excluding hydrogens is 290 g/mol. The van der Waals surface area contributed by atoms with Gasteiger partial charge in [-0.05, 0) is 18.2 Å². The van der Waals surface area contributed by atoms with Crippen molar-refractivity contribution in [3.05, 3.63) is 52.1 Å². The van der Waals surface area contributed by atoms with Gasteiger partial charge >= 0.3 is 5.97 Å². The van der Waals surface area contributed by atoms with Crippen molar-refractivity contribution in [1.29, 1.82) is 0 Å². The number of phenols is 1. The van der Waals surface area contributed by atoms with E-state index < -0.39 is 10.9 Å². The zero-order chi connectivity index (χ0) is 15.9. The molecule has 2 aromatic carbocycles. The zero-order valence-corrected chi connectivity index (χ0v) is 11.0. The van der Waals surface area contributed by atoms with Gasteiger partial charge in [-0.2, -0.15) is 5.10 Å². The maximum absolute atomic E-state index is 11.3. The van der Waals surface area contributed by atoms with E-state index in [0.717, 1.165) is 6.07 Å². The molecule has 0 aliphatic carbocycles. The smallest absolute Gasteiger partial charge is 0.336 e. The van der Waals surface area contributed by atoms with Crippen LogP contribution < -0.4 is 0 Å². The standard InChI is InChI=1S/C14H9N3O5/c18-11-6-7(17(21)22)4-5-8(11)13-12-9(14(19)20)2-1-3-10(12)15-16-13/h1-6,18H,(H,15,16)(H,19,20). The van der Waals surface area contributed by atoms with Crippen LogP contribution in [0.2, 0.25) is 0 Å². The molecule has 0 atom stereocenters. The average Bonchev–Trinajstić information content (AvgIpc) is 2.90. The van der Waals surface area contributed by atoms with Crippen LogP contribution in [0.4, 0.5) is 5.69 Å². The number of hydrogen-bond acceptors (Lipinski definition) is 5. The van der Waals surface area contributed by atoms with Crippen molar-refractivity contribution in [1.82, 2.24) is 10.2 Å². The highest BCUT2D eigenvalue weighted by molar-refractivity contribution is 6.08. The van der Waals surface area contributed by atoms with E-state index in [1.165, 1.54) is 18.2 Å². The molecule has 1 heterocycles. The molecule has 0 amide bonds. The summed E-state index contributed by atoms with van der Waals surface area (Å²) >= 11 is 0. The number of aromatic nitrogens is 2. The number of non-ortho nitro benzene ring substituents is 1. The van der Waals surface area contributed by atoms with Gasteiger partial charge in [0.1, 0.15) is 11.4 Å². The molecule has 110 valence electrons. The summed E-state index contributed by atoms with van der Waals surface area (Å²) in [5, 5.41) is 37.0. The molecule has 0 unspecified atom stereocenters. The first-order valence-electron chi connectivity index (χ1n) is 6.17. The van der Waals surface area contributed by atoms with Gasteiger partial charge in [-0.25, -0.2) is 4.79 Å². The van der Waals surface area contributed by atoms with Crippen molar-refractivity contribution >= 4 is 22.6 Å². The number of H-pyrrole nitrogens is 1. The van der Waals surface area contributed by atoms with Crippen LogP contribution in [0.3, 0.4) is 0 Å². The van der Waals surface area contributed by atoms with Gasteiger partial charge in [0.2, 0.25) is 0 Å². The van der Waals surface area contributed by atoms with Crippen LogP contribution in [0, 0.1) is 10.1 Å². The molecule has 0 radical (unpaired) electrons. The number of rotatable bonds is 3. The number of carboxylic acids is 1. The van der Waals surface area contributed by atoms with E-state index in [0.29, 0.717) is 10.9 Å². The number of aromatic hydroxyl groups is 1. The fourth-order valence-corrected chi connectivity index (χ4v) is 2.28. The predicted molar refractivity (Wildman–Crippen MR) is 76.8 cm³/mol. The van der Waals surface area contributed by atoms with E-state index in [1.54, 1.807) is 12.1 Å². The normalized spacial score (nSPS) is 10.7. The van der Waals surface area contributed by atoms with E-state index in [2.05, 4.69) is 10.2 Å². The van der Waals surface area contributed by atoms with Crippen LogP contribution in [0.25, 0.3) is 22.2 Å². The van der Waals surface area contributed by atoms with Crippen molar-refractivity contribution in [2.24, 2.45) is 0 Å². The lowest BCUT2D eigenvalue weighted by atomic mass is 10.0. The second-order valence-corrected chi connectivity index (χ2v) is 4.56. The fraction of sp³-hybridized carbons (Fsp3) is 0. The van der Waals surface area contributed by atoms with Crippen LogP contribution in [0.5, 0.6) is 5.75 Å². The van der Waals surface area contributed by atoms with Gasteiger partial charge in [-0.15, -0.1) is 0 Å². The molecule has 0 fully saturated rings. The minimum Gasteiger partial charge on any atom is -0.507 e. The third-order valence-corrected chi connectivity index (χ3v) is 3.27. The van der Waals surface area contributed by atoms with Gasteiger partial charge in [0.05, 0.1) is 22.1 Å². The predicted octanol–water partition coefficient (Wildman–Crippen LogP) is 2.54. The summed E-state index contributed by atoms with van der Waals surface area (Å²) in [5.74, 6) is -1.47. The largest absolute Gasteiger partial charge is 0.507 e. The highest BCUT2D eigenvalue weighted by Crippen LogP contribution is 2.36. The summed E-state index contributed by atoms with van der Waals surface area (Å²) in [6.45, 7) is 0. The Morgan fingerprint density at radius 3 is 2.68 bits per heavy atom. The van der Waals surface area contributed by atoms with Crippen LogP contribution in [-0.2, 0) is 0 Å². The molecule has 0 saturated carbocycles. The monoisotopic (exact) mass is 299 g/mol. The maximum atomic E-state index is 11.3. The number of carboxylic acid groups (broad SMARTS) is 1. The zero-order valence-electron chi connectivity index (χ0n) is 11.0. The highest BCUT2D eigenvalue weighted by atomic mass is 16.6. The number of aromatic amines is 1. The molecule has 3 N–H and O–H groups in total. The fourth-order valence-electron chi connectivity index (χ4n) is 2.28. The first-order chi connectivity index (χ1) is 10.5. The Morgan fingerprint density at radius 2 is 2.05 bits per heavy atom. The molecule has 8 heteroatoms. The van der Waals surface area contributed by atoms with Crippen LogP contribution in [-0.4, -0.2) is 31.3 Å². The van der Waals surface area contributed by atoms with Gasteiger partial charge in [0.15, 0.2) is 0 Å². The van der Waals surface area contributed by atoms with Crippen LogP contribution >= 0.6 is 0 Å². The molecule has 0 aliphatic heterocycles. The summed E-state index contributed by atoms with van der Waals surface area (Å²) in [7, 11) is 0. The van der Waals surface area contributed by atoms with Gasteiger partial charge in [-0.3, -0.25) is 15.2 Å². The molecule has 1 aromatic heterocycles. The number of hydrogen-bond donors (Lipinski definition) is 3. The lowest BCUT2D eigenvalue weighted by Crippen LogP contribution is -1.97. The molecule has 3 aromatic rings. The highest BCUT2D eigenvalue weighted by Gasteiger charge is 2.19. The summed E-state index contributed by atoms with van der Waals surface area (Å²) in [6.07, 6.45) is 0. The summed E-state index contributed by atoms with van der Waals surface area (Å²) in [5.41, 5.74) is 0.692. The molecule has 3 rings (SSSR count). The topological polar surface area (TPSA) is 129 Å². The van der Waals surface area contributed by atoms with E-state index in [4.69, 9.17) is 0 Å². The minimum absolute atomic E-state index is 0.0269. The quantitative estimate of drug-likeness (QED) is 0.503. The van der Waals surface area contributed by atoms with Crippen molar-refractivity contribution < 1.29 is 19.9 Å². The van der Waals surface area contributed by atoms with E-state index in [-0.39, 0.29) is 28.3 Å². The van der Waals surface area contributed by atoms with Crippen LogP contribution in [0.15, 0.2) is 36.4 Å². The second-order valence-electron chi connectivity index (χ2n) is 4.56. The summed E-state index contributed by atoms with van der Waals surface area (Å²) in [4.78, 5) is 21.4. The van der Waals surface area contributed by atoms with E-state index >= 15 is 0 Å². The molecule has 8 nitrogen and oxygen atoms in total. The number of benzene rings is 2. The SMILES string of the molecule is O=C(O)c1cccc2[nH]nc(-c3ccc([N+](=O)[O-])cc3O)c12. The summed E-state index contributed by atoms with van der Waals surface area (Å²) < 4.78 is 0.